The molecule has 0 radical (unpaired) electrons. The summed E-state index contributed by atoms with van der Waals surface area (Å²) in [5, 5.41) is 2.58. The maximum atomic E-state index is 10.9. The van der Waals surface area contributed by atoms with Crippen molar-refractivity contribution in [2.24, 2.45) is 0 Å². The van der Waals surface area contributed by atoms with E-state index in [-0.39, 0.29) is 0 Å². The summed E-state index contributed by atoms with van der Waals surface area (Å²) in [6.07, 6.45) is -0.421. The minimum atomic E-state index is -0.421. The molecular weight excluding hydrogens is 269 g/mol. The highest BCUT2D eigenvalue weighted by Gasteiger charge is 1.99. The van der Waals surface area contributed by atoms with Crippen molar-refractivity contribution in [1.82, 2.24) is 0 Å². The van der Waals surface area contributed by atoms with Crippen molar-refractivity contribution in [1.29, 1.82) is 0 Å². The van der Waals surface area contributed by atoms with E-state index in [9.17, 15) is 4.79 Å². The fraction of sp³-hybridized carbons (Fsp3) is 0.125. The van der Waals surface area contributed by atoms with Crippen LogP contribution in [0.2, 0.25) is 0 Å². The Bertz CT molecular complexity index is 250. The van der Waals surface area contributed by atoms with Gasteiger partial charge in [0.1, 0.15) is 4.61 Å². The molecule has 1 aromatic carbocycles. The molecule has 0 aliphatic rings. The van der Waals surface area contributed by atoms with Gasteiger partial charge >= 0.3 is 6.09 Å². The zero-order valence-corrected chi connectivity index (χ0v) is 8.45. The number of amides is 1. The molecule has 0 spiro atoms. The van der Waals surface area contributed by atoms with Crippen molar-refractivity contribution >= 4 is 34.4 Å². The van der Waals surface area contributed by atoms with E-state index in [1.165, 1.54) is 0 Å². The van der Waals surface area contributed by atoms with Crippen LogP contribution in [0.15, 0.2) is 30.3 Å². The van der Waals surface area contributed by atoms with Crippen LogP contribution < -0.4 is 5.32 Å². The zero-order chi connectivity index (χ0) is 8.81. The molecule has 1 rings (SSSR count). The topological polar surface area (TPSA) is 38.3 Å². The molecule has 1 amide bonds. The van der Waals surface area contributed by atoms with Crippen molar-refractivity contribution in [2.45, 2.75) is 0 Å². The van der Waals surface area contributed by atoms with Crippen molar-refractivity contribution in [3.8, 4) is 0 Å². The van der Waals surface area contributed by atoms with Gasteiger partial charge in [-0.3, -0.25) is 5.32 Å². The van der Waals surface area contributed by atoms with Crippen LogP contribution in [0.4, 0.5) is 10.5 Å². The number of anilines is 1. The van der Waals surface area contributed by atoms with Gasteiger partial charge < -0.3 is 4.74 Å². The molecule has 0 saturated carbocycles. The summed E-state index contributed by atoms with van der Waals surface area (Å²) in [5.74, 6) is 0. The SMILES string of the molecule is O=C(Nc1ccccc1)OCI. The largest absolute Gasteiger partial charge is 0.439 e. The summed E-state index contributed by atoms with van der Waals surface area (Å²) in [5.41, 5.74) is 0.743. The molecule has 1 aromatic rings. The Morgan fingerprint density at radius 2 is 2.08 bits per heavy atom. The Hall–Kier alpha value is -0.780. The van der Waals surface area contributed by atoms with Crippen LogP contribution >= 0.6 is 22.6 Å². The van der Waals surface area contributed by atoms with E-state index in [4.69, 9.17) is 0 Å². The number of hydrogen-bond acceptors (Lipinski definition) is 2. The number of alkyl halides is 1. The summed E-state index contributed by atoms with van der Waals surface area (Å²) >= 11 is 1.96. The lowest BCUT2D eigenvalue weighted by molar-refractivity contribution is 0.184. The predicted molar refractivity (Wildman–Crippen MR) is 55.4 cm³/mol. The molecule has 0 saturated heterocycles. The number of carbonyl (C=O) groups is 1. The van der Waals surface area contributed by atoms with Crippen LogP contribution in [0.3, 0.4) is 0 Å². The van der Waals surface area contributed by atoms with Crippen molar-refractivity contribution < 1.29 is 9.53 Å². The van der Waals surface area contributed by atoms with E-state index in [0.29, 0.717) is 4.61 Å². The van der Waals surface area contributed by atoms with E-state index < -0.39 is 6.09 Å². The number of ether oxygens (including phenoxy) is 1. The fourth-order valence-corrected chi connectivity index (χ4v) is 1.01. The second-order valence-corrected chi connectivity index (χ2v) is 2.65. The number of carbonyl (C=O) groups excluding carboxylic acids is 1. The van der Waals surface area contributed by atoms with Crippen LogP contribution in [0.5, 0.6) is 0 Å². The lowest BCUT2D eigenvalue weighted by atomic mass is 10.3. The molecule has 12 heavy (non-hydrogen) atoms. The molecule has 4 heteroatoms. The fourth-order valence-electron chi connectivity index (χ4n) is 0.725. The number of benzene rings is 1. The van der Waals surface area contributed by atoms with Crippen molar-refractivity contribution in [2.75, 3.05) is 9.93 Å². The Labute approximate surface area is 84.2 Å². The third-order valence-electron chi connectivity index (χ3n) is 1.21. The van der Waals surface area contributed by atoms with E-state index in [2.05, 4.69) is 10.1 Å². The molecule has 0 heterocycles. The van der Waals surface area contributed by atoms with Gasteiger partial charge in [0.15, 0.2) is 0 Å². The van der Waals surface area contributed by atoms with Crippen LogP contribution in [-0.2, 0) is 4.74 Å². The third-order valence-corrected chi connectivity index (χ3v) is 1.52. The predicted octanol–water partition coefficient (Wildman–Crippen LogP) is 2.63. The maximum Gasteiger partial charge on any atom is 0.412 e. The van der Waals surface area contributed by atoms with E-state index in [1.807, 2.05) is 40.8 Å². The minimum absolute atomic E-state index is 0.358. The normalized spacial score (nSPS) is 9.08. The average Bonchev–Trinajstić information content (AvgIpc) is 2.06. The third kappa shape index (κ3) is 3.08. The second kappa shape index (κ2) is 4.97. The maximum absolute atomic E-state index is 10.9. The molecule has 0 atom stereocenters. The second-order valence-electron chi connectivity index (χ2n) is 2.03. The number of halogens is 1. The first-order valence-electron chi connectivity index (χ1n) is 3.37. The molecular formula is C8H8INO2. The molecule has 0 aromatic heterocycles. The van der Waals surface area contributed by atoms with Crippen LogP contribution in [0, 0.1) is 0 Å². The summed E-state index contributed by atoms with van der Waals surface area (Å²) < 4.78 is 5.04. The molecule has 3 nitrogen and oxygen atoms in total. The summed E-state index contributed by atoms with van der Waals surface area (Å²) in [6, 6.07) is 9.18. The summed E-state index contributed by atoms with van der Waals surface area (Å²) in [6.45, 7) is 0. The molecule has 0 bridgehead atoms. The quantitative estimate of drug-likeness (QED) is 0.666. The lowest BCUT2D eigenvalue weighted by Crippen LogP contribution is -2.12. The molecule has 1 N–H and O–H groups in total. The van der Waals surface area contributed by atoms with Crippen molar-refractivity contribution in [3.05, 3.63) is 30.3 Å². The number of rotatable bonds is 2. The number of nitrogens with one attached hydrogen (secondary N) is 1. The Kier molecular flexibility index (Phi) is 3.86. The first kappa shape index (κ1) is 9.31. The van der Waals surface area contributed by atoms with Crippen molar-refractivity contribution in [3.63, 3.8) is 0 Å². The van der Waals surface area contributed by atoms with Gasteiger partial charge in [0.05, 0.1) is 0 Å². The highest BCUT2D eigenvalue weighted by Crippen LogP contribution is 2.05. The highest BCUT2D eigenvalue weighted by molar-refractivity contribution is 14.1. The lowest BCUT2D eigenvalue weighted by Gasteiger charge is -2.02. The van der Waals surface area contributed by atoms with Gasteiger partial charge in [-0.2, -0.15) is 0 Å². The molecule has 0 aliphatic heterocycles. The first-order valence-corrected chi connectivity index (χ1v) is 4.90. The molecule has 0 unspecified atom stereocenters. The molecule has 0 fully saturated rings. The van der Waals surface area contributed by atoms with Gasteiger partial charge in [0, 0.05) is 5.69 Å². The zero-order valence-electron chi connectivity index (χ0n) is 6.29. The van der Waals surface area contributed by atoms with Crippen LogP contribution in [0.25, 0.3) is 0 Å². The van der Waals surface area contributed by atoms with Crippen LogP contribution in [-0.4, -0.2) is 10.7 Å². The van der Waals surface area contributed by atoms with E-state index in [0.717, 1.165) is 5.69 Å². The Morgan fingerprint density at radius 1 is 1.42 bits per heavy atom. The van der Waals surface area contributed by atoms with Crippen LogP contribution in [0.1, 0.15) is 0 Å². The summed E-state index contributed by atoms with van der Waals surface area (Å²) in [7, 11) is 0. The smallest absolute Gasteiger partial charge is 0.412 e. The van der Waals surface area contributed by atoms with Gasteiger partial charge in [-0.15, -0.1) is 0 Å². The highest BCUT2D eigenvalue weighted by atomic mass is 127. The number of hydrogen-bond donors (Lipinski definition) is 1. The van der Waals surface area contributed by atoms with Gasteiger partial charge in [-0.25, -0.2) is 4.79 Å². The summed E-state index contributed by atoms with van der Waals surface area (Å²) in [4.78, 5) is 10.9. The molecule has 64 valence electrons. The monoisotopic (exact) mass is 277 g/mol. The average molecular weight is 277 g/mol. The van der Waals surface area contributed by atoms with Gasteiger partial charge in [-0.1, -0.05) is 18.2 Å². The Morgan fingerprint density at radius 3 is 2.67 bits per heavy atom. The minimum Gasteiger partial charge on any atom is -0.439 e. The van der Waals surface area contributed by atoms with E-state index >= 15 is 0 Å². The van der Waals surface area contributed by atoms with Gasteiger partial charge in [-0.05, 0) is 34.7 Å². The van der Waals surface area contributed by atoms with E-state index in [1.54, 1.807) is 12.1 Å². The van der Waals surface area contributed by atoms with Gasteiger partial charge in [0.2, 0.25) is 0 Å². The Balaban J connectivity index is 2.47. The molecule has 0 aliphatic carbocycles. The standard InChI is InChI=1S/C8H8INO2/c9-6-12-8(11)10-7-4-2-1-3-5-7/h1-5H,6H2,(H,10,11). The van der Waals surface area contributed by atoms with Gasteiger partial charge in [0.25, 0.3) is 0 Å². The number of para-hydroxylation sites is 1. The first-order chi connectivity index (χ1) is 5.83.